The van der Waals surface area contributed by atoms with Crippen molar-refractivity contribution in [3.8, 4) is 0 Å². The second-order valence-electron chi connectivity index (χ2n) is 0.283. The Morgan fingerprint density at radius 2 is 1.33 bits per heavy atom. The molecule has 3 nitrogen and oxygen atoms in total. The average molecular weight is 210 g/mol. The topological polar surface area (TPSA) is 57.5 Å². The van der Waals surface area contributed by atoms with E-state index in [9.17, 15) is 0 Å². The molecule has 0 saturated heterocycles. The monoisotopic (exact) mass is 210 g/mol. The predicted octanol–water partition coefficient (Wildman–Crippen LogP) is -3.45. The zero-order valence-corrected chi connectivity index (χ0v) is 2.80. The van der Waals surface area contributed by atoms with Gasteiger partial charge >= 0.3 is 92.4 Å². The van der Waals surface area contributed by atoms with Crippen LogP contribution in [0.25, 0.3) is 0 Å². The maximum absolute atomic E-state index is 8.74. The summed E-state index contributed by atoms with van der Waals surface area (Å²) in [4.78, 5) is 14.3. The Labute approximate surface area is 104 Å². The van der Waals surface area contributed by atoms with Gasteiger partial charge in [0, 0.05) is 0 Å². The molecule has 0 aliphatic carbocycles. The molecule has 0 rings (SSSR count). The second kappa shape index (κ2) is 10.4. The minimum absolute atomic E-state index is 0. The normalized spacial score (nSPS) is 4.00. The molecule has 0 aromatic heterocycles. The summed E-state index contributed by atoms with van der Waals surface area (Å²) in [5, 5.41) is 0. The van der Waals surface area contributed by atoms with Gasteiger partial charge in [-0.3, -0.25) is 4.46 Å². The summed E-state index contributed by atoms with van der Waals surface area (Å²) in [5.74, 6) is 0. The third kappa shape index (κ3) is 32.8. The van der Waals surface area contributed by atoms with Crippen molar-refractivity contribution in [2.45, 2.75) is 0 Å². The Bertz CT molecular complexity index is 33.8. The standard InChI is InChI=1S/Ca.H2O3Si.Sr.4H/c;1-4(2)3;;;;;/h;1-2H;;;;;. The molecule has 0 aliphatic rings. The summed E-state index contributed by atoms with van der Waals surface area (Å²) in [5.41, 5.74) is 0. The van der Waals surface area contributed by atoms with E-state index in [4.69, 9.17) is 14.1 Å². The molecular formula is H6CaO3SiSr. The Balaban J connectivity index is -0.0000000450. The van der Waals surface area contributed by atoms with E-state index in [0.717, 1.165) is 0 Å². The van der Waals surface area contributed by atoms with Gasteiger partial charge in [-0.2, -0.15) is 0 Å². The molecule has 0 aromatic carbocycles. The van der Waals surface area contributed by atoms with Crippen LogP contribution >= 0.6 is 0 Å². The van der Waals surface area contributed by atoms with Crippen LogP contribution in [-0.2, 0) is 4.46 Å². The fourth-order valence-electron chi connectivity index (χ4n) is 0. The van der Waals surface area contributed by atoms with E-state index in [0.29, 0.717) is 0 Å². The summed E-state index contributed by atoms with van der Waals surface area (Å²) in [6.07, 6.45) is 0. The first kappa shape index (κ1) is 15.8. The first-order chi connectivity index (χ1) is 1.73. The molecule has 0 unspecified atom stereocenters. The van der Waals surface area contributed by atoms with Gasteiger partial charge in [-0.05, 0) is 0 Å². The molecule has 6 heavy (non-hydrogen) atoms. The van der Waals surface area contributed by atoms with Gasteiger partial charge in [-0.1, -0.05) is 0 Å². The first-order valence-corrected chi connectivity index (χ1v) is 1.95. The van der Waals surface area contributed by atoms with Gasteiger partial charge in [0.1, 0.15) is 0 Å². The van der Waals surface area contributed by atoms with Gasteiger partial charge in [0.15, 0.2) is 0 Å². The fraction of sp³-hybridized carbons (Fsp3) is 0. The van der Waals surface area contributed by atoms with Crippen molar-refractivity contribution in [2.24, 2.45) is 0 Å². The van der Waals surface area contributed by atoms with Gasteiger partial charge in [-0.15, -0.1) is 0 Å². The molecule has 0 amide bonds. The number of rotatable bonds is 0. The average Bonchev–Trinajstić information content (AvgIpc) is 0.811. The third-order valence-corrected chi connectivity index (χ3v) is 0. The first-order valence-electron chi connectivity index (χ1n) is 0.651. The van der Waals surface area contributed by atoms with Crippen LogP contribution in [-0.4, -0.2) is 102 Å². The van der Waals surface area contributed by atoms with Crippen LogP contribution in [0.3, 0.4) is 0 Å². The summed E-state index contributed by atoms with van der Waals surface area (Å²) in [6, 6.07) is 0. The van der Waals surface area contributed by atoms with Crippen LogP contribution < -0.4 is 0 Å². The van der Waals surface area contributed by atoms with Crippen LogP contribution in [0.4, 0.5) is 0 Å². The van der Waals surface area contributed by atoms with E-state index in [1.807, 2.05) is 0 Å². The van der Waals surface area contributed by atoms with Crippen molar-refractivity contribution >= 4 is 92.4 Å². The van der Waals surface area contributed by atoms with E-state index < -0.39 is 9.17 Å². The van der Waals surface area contributed by atoms with E-state index in [1.54, 1.807) is 0 Å². The molecule has 0 spiro atoms. The summed E-state index contributed by atoms with van der Waals surface area (Å²) in [6.45, 7) is 0. The van der Waals surface area contributed by atoms with Crippen molar-refractivity contribution in [1.29, 1.82) is 0 Å². The predicted molar refractivity (Wildman–Crippen MR) is 28.0 cm³/mol. The van der Waals surface area contributed by atoms with Gasteiger partial charge in [0.25, 0.3) is 0 Å². The molecule has 0 saturated carbocycles. The Morgan fingerprint density at radius 1 is 1.33 bits per heavy atom. The van der Waals surface area contributed by atoms with Gasteiger partial charge < -0.3 is 9.59 Å². The van der Waals surface area contributed by atoms with Crippen molar-refractivity contribution in [2.75, 3.05) is 0 Å². The van der Waals surface area contributed by atoms with Crippen LogP contribution in [0.2, 0.25) is 0 Å². The molecule has 0 aromatic rings. The zero-order chi connectivity index (χ0) is 3.58. The van der Waals surface area contributed by atoms with Crippen molar-refractivity contribution in [3.05, 3.63) is 0 Å². The molecule has 0 radical (unpaired) electrons. The van der Waals surface area contributed by atoms with Crippen LogP contribution in [0.15, 0.2) is 0 Å². The summed E-state index contributed by atoms with van der Waals surface area (Å²) < 4.78 is 8.74. The summed E-state index contributed by atoms with van der Waals surface area (Å²) >= 11 is 0. The molecule has 0 atom stereocenters. The SMILES string of the molecule is O=[Si](O)O.[CaH2].[SrH2]. The molecule has 2 N–H and O–H groups in total. The van der Waals surface area contributed by atoms with Gasteiger partial charge in [0.05, 0.1) is 0 Å². The van der Waals surface area contributed by atoms with Crippen LogP contribution in [0.1, 0.15) is 0 Å². The van der Waals surface area contributed by atoms with E-state index in [1.165, 1.54) is 0 Å². The van der Waals surface area contributed by atoms with E-state index in [2.05, 4.69) is 0 Å². The second-order valence-corrected chi connectivity index (χ2v) is 0.848. The Morgan fingerprint density at radius 3 is 1.33 bits per heavy atom. The van der Waals surface area contributed by atoms with Crippen LogP contribution in [0, 0.1) is 0 Å². The molecule has 0 heterocycles. The minimum atomic E-state index is -3.13. The molecule has 0 fully saturated rings. The Hall–Kier alpha value is 2.36. The van der Waals surface area contributed by atoms with Crippen molar-refractivity contribution < 1.29 is 14.1 Å². The van der Waals surface area contributed by atoms with Gasteiger partial charge in [0.2, 0.25) is 0 Å². The van der Waals surface area contributed by atoms with Crippen molar-refractivity contribution in [3.63, 3.8) is 0 Å². The van der Waals surface area contributed by atoms with Crippen molar-refractivity contribution in [1.82, 2.24) is 0 Å². The molecular weight excluding hydrogens is 204 g/mol. The molecule has 32 valence electrons. The molecule has 6 heteroatoms. The fourth-order valence-corrected chi connectivity index (χ4v) is 0. The van der Waals surface area contributed by atoms with E-state index >= 15 is 0 Å². The molecule has 0 bridgehead atoms. The number of hydrogen-bond acceptors (Lipinski definition) is 1. The maximum atomic E-state index is 8.74. The quantitative estimate of drug-likeness (QED) is 0.409. The van der Waals surface area contributed by atoms with Crippen LogP contribution in [0.5, 0.6) is 0 Å². The Kier molecular flexibility index (Phi) is 27.2. The van der Waals surface area contributed by atoms with Gasteiger partial charge in [-0.25, -0.2) is 0 Å². The summed E-state index contributed by atoms with van der Waals surface area (Å²) in [7, 11) is -3.13. The van der Waals surface area contributed by atoms with E-state index in [-0.39, 0.29) is 83.2 Å². The number of hydrogen-bond donors (Lipinski definition) is 2. The third-order valence-electron chi connectivity index (χ3n) is 0. The zero-order valence-electron chi connectivity index (χ0n) is 1.80. The molecule has 0 aliphatic heterocycles.